The third-order valence-electron chi connectivity index (χ3n) is 3.21. The molecule has 2 rings (SSSR count). The Balaban J connectivity index is 0. The average molecular weight is 432 g/mol. The number of ether oxygens (including phenoxy) is 1. The minimum atomic E-state index is -0.807. The smallest absolute Gasteiger partial charge is 0.340 e. The fourth-order valence-electron chi connectivity index (χ4n) is 2.28. The van der Waals surface area contributed by atoms with Crippen molar-refractivity contribution in [3.63, 3.8) is 0 Å². The summed E-state index contributed by atoms with van der Waals surface area (Å²) >= 11 is 0. The number of hydrogen-bond donors (Lipinski definition) is 4. The highest BCUT2D eigenvalue weighted by molar-refractivity contribution is 6.07. The van der Waals surface area contributed by atoms with Crippen molar-refractivity contribution in [2.24, 2.45) is 7.05 Å². The fourth-order valence-corrected chi connectivity index (χ4v) is 2.28. The number of aryl methyl sites for hydroxylation is 2. The Morgan fingerprint density at radius 1 is 1.39 bits per heavy atom. The number of carbonyl (C=O) groups is 1. The maximum atomic E-state index is 12.2. The largest absolute Gasteiger partial charge is 0.462 e. The molecule has 1 atom stereocenters. The summed E-state index contributed by atoms with van der Waals surface area (Å²) in [7, 11) is 1.61. The lowest BCUT2D eigenvalue weighted by Crippen LogP contribution is -2.17. The van der Waals surface area contributed by atoms with Gasteiger partial charge < -0.3 is 29.9 Å². The molecule has 0 bridgehead atoms. The van der Waals surface area contributed by atoms with E-state index in [4.69, 9.17) is 15.3 Å². The van der Waals surface area contributed by atoms with Crippen LogP contribution in [0.15, 0.2) is 11.0 Å². The van der Waals surface area contributed by atoms with Crippen molar-refractivity contribution in [1.82, 2.24) is 9.55 Å². The third kappa shape index (κ3) is 9.70. The van der Waals surface area contributed by atoms with Crippen molar-refractivity contribution in [1.29, 1.82) is 5.41 Å². The van der Waals surface area contributed by atoms with Crippen molar-refractivity contribution in [3.8, 4) is 24.4 Å². The number of terminal acetylenes is 1. The Bertz CT molecular complexity index is 1020. The number of nitrogens with one attached hydrogen (secondary N) is 2. The van der Waals surface area contributed by atoms with Crippen LogP contribution in [0, 0.1) is 36.7 Å². The van der Waals surface area contributed by atoms with E-state index in [1.165, 1.54) is 10.7 Å². The quantitative estimate of drug-likeness (QED) is 0.330. The van der Waals surface area contributed by atoms with E-state index in [0.29, 0.717) is 33.4 Å². The lowest BCUT2D eigenvalue weighted by Gasteiger charge is -2.04. The van der Waals surface area contributed by atoms with Crippen LogP contribution in [0.25, 0.3) is 10.9 Å². The molecule has 170 valence electrons. The molecular formula is C23H33N3O5. The number of aromatic amines is 1. The van der Waals surface area contributed by atoms with Gasteiger partial charge in [-0.05, 0) is 34.6 Å². The second-order valence-corrected chi connectivity index (χ2v) is 6.13. The van der Waals surface area contributed by atoms with Gasteiger partial charge in [0.25, 0.3) is 5.56 Å². The van der Waals surface area contributed by atoms with Crippen molar-refractivity contribution in [2.75, 3.05) is 6.61 Å². The van der Waals surface area contributed by atoms with E-state index < -0.39 is 12.1 Å². The SMILES string of the molecule is C#CO.CC.CC(C)=N.CCOC(=O)c1c(C)[nH]c2c(=O)n(C)cc(C#C[C@@H](C)O)c12. The number of esters is 1. The second-order valence-electron chi connectivity index (χ2n) is 6.13. The molecule has 0 amide bonds. The number of H-pyrrole nitrogens is 1. The van der Waals surface area contributed by atoms with Gasteiger partial charge in [-0.25, -0.2) is 4.79 Å². The zero-order chi connectivity index (χ0) is 24.7. The van der Waals surface area contributed by atoms with Gasteiger partial charge in [-0.3, -0.25) is 4.79 Å². The molecule has 0 aliphatic rings. The van der Waals surface area contributed by atoms with E-state index in [0.717, 1.165) is 0 Å². The Morgan fingerprint density at radius 3 is 2.29 bits per heavy atom. The number of carbonyl (C=O) groups excluding carboxylic acids is 1. The van der Waals surface area contributed by atoms with Gasteiger partial charge in [-0.15, -0.1) is 0 Å². The Hall–Kier alpha value is -3.49. The predicted octanol–water partition coefficient (Wildman–Crippen LogP) is 3.11. The maximum absolute atomic E-state index is 12.2. The molecule has 8 nitrogen and oxygen atoms in total. The van der Waals surface area contributed by atoms with Crippen LogP contribution >= 0.6 is 0 Å². The summed E-state index contributed by atoms with van der Waals surface area (Å²) in [6.45, 7) is 12.7. The van der Waals surface area contributed by atoms with Gasteiger partial charge in [-0.1, -0.05) is 32.1 Å². The molecule has 31 heavy (non-hydrogen) atoms. The zero-order valence-electron chi connectivity index (χ0n) is 19.5. The monoisotopic (exact) mass is 431 g/mol. The van der Waals surface area contributed by atoms with Crippen LogP contribution in [0.2, 0.25) is 0 Å². The normalized spacial score (nSPS) is 9.68. The molecule has 0 unspecified atom stereocenters. The van der Waals surface area contributed by atoms with Gasteiger partial charge in [-0.2, -0.15) is 0 Å². The van der Waals surface area contributed by atoms with Crippen LogP contribution < -0.4 is 5.56 Å². The third-order valence-corrected chi connectivity index (χ3v) is 3.21. The topological polar surface area (TPSA) is 128 Å². The molecule has 0 saturated carbocycles. The van der Waals surface area contributed by atoms with Gasteiger partial charge in [0.1, 0.15) is 17.7 Å². The van der Waals surface area contributed by atoms with Gasteiger partial charge in [0.05, 0.1) is 17.7 Å². The standard InChI is InChI=1S/C16H18N2O4.C3H7N.C2H2O.C2H6/c1-5-22-16(21)12-10(3)17-14-13(12)11(7-6-9(2)19)8-18(4)15(14)20;1-3(2)4;1-2-3;1-2/h8-9,17,19H,5H2,1-4H3;4H,1-2H3;1,3H;1-2H3/t9-;;;/m1.../s1. The molecular weight excluding hydrogens is 398 g/mol. The number of nitrogens with zero attached hydrogens (tertiary/aromatic N) is 1. The molecule has 0 radical (unpaired) electrons. The number of aromatic nitrogens is 2. The summed E-state index contributed by atoms with van der Waals surface area (Å²) in [6, 6.07) is 0. The van der Waals surface area contributed by atoms with E-state index in [9.17, 15) is 14.7 Å². The molecule has 2 heterocycles. The highest BCUT2D eigenvalue weighted by Crippen LogP contribution is 2.24. The van der Waals surface area contributed by atoms with Crippen molar-refractivity contribution >= 4 is 22.6 Å². The average Bonchev–Trinajstić information content (AvgIpc) is 3.03. The number of hydrogen-bond acceptors (Lipinski definition) is 6. The Morgan fingerprint density at radius 2 is 1.87 bits per heavy atom. The number of aliphatic hydroxyl groups is 2. The fraction of sp³-hybridized carbons (Fsp3) is 0.435. The summed E-state index contributed by atoms with van der Waals surface area (Å²) in [5, 5.41) is 23.4. The van der Waals surface area contributed by atoms with Crippen LogP contribution in [0.3, 0.4) is 0 Å². The van der Waals surface area contributed by atoms with Crippen LogP contribution in [0.5, 0.6) is 0 Å². The number of rotatable bonds is 2. The van der Waals surface area contributed by atoms with Crippen LogP contribution in [-0.2, 0) is 11.8 Å². The van der Waals surface area contributed by atoms with Crippen molar-refractivity contribution < 1.29 is 19.7 Å². The second kappa shape index (κ2) is 15.4. The number of pyridine rings is 1. The molecule has 0 spiro atoms. The number of fused-ring (bicyclic) bond motifs is 1. The molecule has 8 heteroatoms. The minimum Gasteiger partial charge on any atom is -0.462 e. The highest BCUT2D eigenvalue weighted by Gasteiger charge is 2.21. The summed E-state index contributed by atoms with van der Waals surface area (Å²) in [6.07, 6.45) is 6.15. The predicted molar refractivity (Wildman–Crippen MR) is 124 cm³/mol. The van der Waals surface area contributed by atoms with Crippen LogP contribution in [0.1, 0.15) is 63.2 Å². The van der Waals surface area contributed by atoms with Crippen molar-refractivity contribution in [2.45, 2.75) is 54.6 Å². The van der Waals surface area contributed by atoms with E-state index >= 15 is 0 Å². The summed E-state index contributed by atoms with van der Waals surface area (Å²) in [4.78, 5) is 27.4. The Kier molecular flexibility index (Phi) is 14.7. The molecule has 2 aromatic rings. The van der Waals surface area contributed by atoms with Crippen LogP contribution in [-0.4, -0.2) is 44.2 Å². The highest BCUT2D eigenvalue weighted by atomic mass is 16.5. The van der Waals surface area contributed by atoms with E-state index in [1.54, 1.807) is 47.9 Å². The first-order valence-electron chi connectivity index (χ1n) is 9.71. The minimum absolute atomic E-state index is 0.241. The molecule has 0 fully saturated rings. The lowest BCUT2D eigenvalue weighted by molar-refractivity contribution is 0.0528. The van der Waals surface area contributed by atoms with Gasteiger partial charge in [0.2, 0.25) is 0 Å². The molecule has 0 aliphatic heterocycles. The maximum Gasteiger partial charge on any atom is 0.340 e. The first-order chi connectivity index (χ1) is 14.5. The molecule has 0 saturated heterocycles. The van der Waals surface area contributed by atoms with E-state index in [-0.39, 0.29) is 12.2 Å². The van der Waals surface area contributed by atoms with Gasteiger partial charge >= 0.3 is 5.97 Å². The van der Waals surface area contributed by atoms with Gasteiger partial charge in [0, 0.05) is 30.0 Å². The summed E-state index contributed by atoms with van der Waals surface area (Å²) < 4.78 is 6.45. The van der Waals surface area contributed by atoms with E-state index in [2.05, 4.69) is 23.2 Å². The van der Waals surface area contributed by atoms with E-state index in [1.807, 2.05) is 13.8 Å². The molecule has 2 aromatic heterocycles. The Labute approximate surface area is 183 Å². The summed E-state index contributed by atoms with van der Waals surface area (Å²) in [5.41, 5.74) is 2.07. The molecule has 0 aliphatic carbocycles. The zero-order valence-corrected chi connectivity index (χ0v) is 19.5. The lowest BCUT2D eigenvalue weighted by atomic mass is 10.1. The first-order valence-corrected chi connectivity index (χ1v) is 9.71. The molecule has 4 N–H and O–H groups in total. The molecule has 0 aromatic carbocycles. The number of aliphatic hydroxyl groups excluding tert-OH is 2. The van der Waals surface area contributed by atoms with Crippen LogP contribution in [0.4, 0.5) is 0 Å². The first kappa shape index (κ1) is 29.7. The van der Waals surface area contributed by atoms with Gasteiger partial charge in [0.15, 0.2) is 0 Å². The summed E-state index contributed by atoms with van der Waals surface area (Å²) in [5.74, 6) is 4.95. The van der Waals surface area contributed by atoms with Crippen molar-refractivity contribution in [3.05, 3.63) is 33.4 Å².